The Kier molecular flexibility index (Phi) is 3.52. The van der Waals surface area contributed by atoms with E-state index < -0.39 is 12.1 Å². The highest BCUT2D eigenvalue weighted by atomic mass is 16.2. The van der Waals surface area contributed by atoms with Gasteiger partial charge < -0.3 is 5.32 Å². The van der Waals surface area contributed by atoms with Crippen molar-refractivity contribution in [3.63, 3.8) is 0 Å². The van der Waals surface area contributed by atoms with E-state index in [9.17, 15) is 9.59 Å². The van der Waals surface area contributed by atoms with Crippen LogP contribution in [0, 0.1) is 17.2 Å². The molecule has 1 N–H and O–H groups in total. The molecule has 2 rings (SSSR count). The first-order chi connectivity index (χ1) is 9.02. The number of benzene rings is 1. The fourth-order valence-electron chi connectivity index (χ4n) is 2.09. The van der Waals surface area contributed by atoms with Gasteiger partial charge in [0.15, 0.2) is 0 Å². The zero-order chi connectivity index (χ0) is 14.0. The Morgan fingerprint density at radius 1 is 1.32 bits per heavy atom. The molecule has 1 heterocycles. The van der Waals surface area contributed by atoms with Crippen molar-refractivity contribution in [1.29, 1.82) is 5.26 Å². The van der Waals surface area contributed by atoms with Crippen LogP contribution in [-0.2, 0) is 4.79 Å². The molecule has 0 radical (unpaired) electrons. The van der Waals surface area contributed by atoms with E-state index in [4.69, 9.17) is 5.26 Å². The van der Waals surface area contributed by atoms with Gasteiger partial charge in [-0.3, -0.25) is 4.79 Å². The number of nitrogens with one attached hydrogen (secondary N) is 1. The molecule has 1 aromatic carbocycles. The highest BCUT2D eigenvalue weighted by Gasteiger charge is 2.38. The molecule has 1 aromatic rings. The van der Waals surface area contributed by atoms with E-state index in [1.807, 2.05) is 19.9 Å². The molecule has 0 bridgehead atoms. The summed E-state index contributed by atoms with van der Waals surface area (Å²) in [5.74, 6) is 0.0959. The van der Waals surface area contributed by atoms with Crippen LogP contribution in [0.4, 0.5) is 10.5 Å². The Morgan fingerprint density at radius 2 is 1.95 bits per heavy atom. The average molecular weight is 257 g/mol. The van der Waals surface area contributed by atoms with E-state index in [0.717, 1.165) is 4.90 Å². The number of rotatable bonds is 3. The second kappa shape index (κ2) is 5.11. The average Bonchev–Trinajstić information content (AvgIpc) is 2.64. The largest absolute Gasteiger partial charge is 0.329 e. The number of carbonyl (C=O) groups excluding carboxylic acids is 2. The summed E-state index contributed by atoms with van der Waals surface area (Å²) in [6.07, 6.45) is 0.622. The Labute approximate surface area is 111 Å². The normalized spacial score (nSPS) is 18.6. The van der Waals surface area contributed by atoms with Crippen molar-refractivity contribution in [2.45, 2.75) is 26.3 Å². The molecule has 3 amide bonds. The second-order valence-electron chi connectivity index (χ2n) is 4.96. The molecular formula is C14H15N3O2. The van der Waals surface area contributed by atoms with Crippen molar-refractivity contribution in [1.82, 2.24) is 5.32 Å². The van der Waals surface area contributed by atoms with Gasteiger partial charge in [0.05, 0.1) is 17.3 Å². The highest BCUT2D eigenvalue weighted by Crippen LogP contribution is 2.22. The number of urea groups is 1. The molecule has 0 spiro atoms. The van der Waals surface area contributed by atoms with Crippen LogP contribution in [0.1, 0.15) is 25.8 Å². The highest BCUT2D eigenvalue weighted by molar-refractivity contribution is 6.21. The van der Waals surface area contributed by atoms with Crippen molar-refractivity contribution in [3.8, 4) is 6.07 Å². The van der Waals surface area contributed by atoms with E-state index in [0.29, 0.717) is 23.6 Å². The van der Waals surface area contributed by atoms with Gasteiger partial charge in [-0.2, -0.15) is 5.26 Å². The lowest BCUT2D eigenvalue weighted by molar-refractivity contribution is -0.118. The summed E-state index contributed by atoms with van der Waals surface area (Å²) in [7, 11) is 0. The predicted octanol–water partition coefficient (Wildman–Crippen LogP) is 2.03. The summed E-state index contributed by atoms with van der Waals surface area (Å²) in [4.78, 5) is 25.2. The maximum absolute atomic E-state index is 12.2. The Bertz CT molecular complexity index is 543. The van der Waals surface area contributed by atoms with E-state index in [2.05, 4.69) is 5.32 Å². The van der Waals surface area contributed by atoms with Crippen LogP contribution in [0.2, 0.25) is 0 Å². The molecule has 98 valence electrons. The minimum Gasteiger partial charge on any atom is -0.325 e. The summed E-state index contributed by atoms with van der Waals surface area (Å²) in [5.41, 5.74) is 0.988. The number of hydrogen-bond acceptors (Lipinski definition) is 3. The number of hydrogen-bond donors (Lipinski definition) is 1. The van der Waals surface area contributed by atoms with Gasteiger partial charge in [0, 0.05) is 0 Å². The fraction of sp³-hybridized carbons (Fsp3) is 0.357. The summed E-state index contributed by atoms with van der Waals surface area (Å²) in [5, 5.41) is 11.4. The summed E-state index contributed by atoms with van der Waals surface area (Å²) >= 11 is 0. The van der Waals surface area contributed by atoms with Gasteiger partial charge in [0.25, 0.3) is 5.91 Å². The number of imide groups is 1. The number of nitrogens with zero attached hydrogens (tertiary/aromatic N) is 2. The van der Waals surface area contributed by atoms with Crippen molar-refractivity contribution < 1.29 is 9.59 Å². The molecule has 1 aliphatic heterocycles. The Balaban J connectivity index is 2.22. The third kappa shape index (κ3) is 2.58. The maximum atomic E-state index is 12.2. The van der Waals surface area contributed by atoms with Gasteiger partial charge in [-0.25, -0.2) is 9.69 Å². The molecule has 19 heavy (non-hydrogen) atoms. The molecule has 0 aliphatic carbocycles. The number of nitriles is 1. The standard InChI is InChI=1S/C14H15N3O2/c1-9(2)7-12-13(18)17(14(19)16-12)11-5-3-10(8-15)4-6-11/h3-6,9,12H,7H2,1-2H3,(H,16,19). The van der Waals surface area contributed by atoms with Gasteiger partial charge in [-0.1, -0.05) is 13.8 Å². The lowest BCUT2D eigenvalue weighted by atomic mass is 10.0. The molecule has 1 fully saturated rings. The second-order valence-corrected chi connectivity index (χ2v) is 4.96. The minimum absolute atomic E-state index is 0.233. The quantitative estimate of drug-likeness (QED) is 0.842. The Hall–Kier alpha value is -2.35. The predicted molar refractivity (Wildman–Crippen MR) is 70.4 cm³/mol. The van der Waals surface area contributed by atoms with E-state index in [-0.39, 0.29) is 5.91 Å². The SMILES string of the molecule is CC(C)CC1NC(=O)N(c2ccc(C#N)cc2)C1=O. The summed E-state index contributed by atoms with van der Waals surface area (Å²) in [6.45, 7) is 4.01. The van der Waals surface area contributed by atoms with Gasteiger partial charge >= 0.3 is 6.03 Å². The smallest absolute Gasteiger partial charge is 0.325 e. The topological polar surface area (TPSA) is 73.2 Å². The first kappa shape index (κ1) is 13.1. The molecule has 1 atom stereocenters. The van der Waals surface area contributed by atoms with E-state index in [1.165, 1.54) is 0 Å². The van der Waals surface area contributed by atoms with Crippen LogP contribution in [0.25, 0.3) is 0 Å². The third-order valence-corrected chi connectivity index (χ3v) is 2.98. The molecule has 1 unspecified atom stereocenters. The lowest BCUT2D eigenvalue weighted by Crippen LogP contribution is -2.31. The molecule has 1 aliphatic rings. The van der Waals surface area contributed by atoms with Gasteiger partial charge in [0.1, 0.15) is 6.04 Å². The summed E-state index contributed by atoms with van der Waals surface area (Å²) in [6, 6.07) is 7.53. The van der Waals surface area contributed by atoms with E-state index in [1.54, 1.807) is 24.3 Å². The third-order valence-electron chi connectivity index (χ3n) is 2.98. The fourth-order valence-corrected chi connectivity index (χ4v) is 2.09. The molecule has 0 aromatic heterocycles. The zero-order valence-electron chi connectivity index (χ0n) is 10.9. The minimum atomic E-state index is -0.455. The molecule has 5 heteroatoms. The first-order valence-corrected chi connectivity index (χ1v) is 6.17. The number of anilines is 1. The van der Waals surface area contributed by atoms with Crippen LogP contribution in [-0.4, -0.2) is 18.0 Å². The maximum Gasteiger partial charge on any atom is 0.329 e. The van der Waals surface area contributed by atoms with Gasteiger partial charge in [0.2, 0.25) is 0 Å². The van der Waals surface area contributed by atoms with Crippen LogP contribution < -0.4 is 10.2 Å². The van der Waals surface area contributed by atoms with Gasteiger partial charge in [-0.05, 0) is 36.6 Å². The summed E-state index contributed by atoms with van der Waals surface area (Å²) < 4.78 is 0. The number of carbonyl (C=O) groups is 2. The van der Waals surface area contributed by atoms with Crippen molar-refractivity contribution >= 4 is 17.6 Å². The van der Waals surface area contributed by atoms with Crippen LogP contribution >= 0.6 is 0 Å². The van der Waals surface area contributed by atoms with Crippen molar-refractivity contribution in [2.24, 2.45) is 5.92 Å². The zero-order valence-corrected chi connectivity index (χ0v) is 10.9. The van der Waals surface area contributed by atoms with Crippen LogP contribution in [0.3, 0.4) is 0 Å². The lowest BCUT2D eigenvalue weighted by Gasteiger charge is -2.13. The van der Waals surface area contributed by atoms with Crippen molar-refractivity contribution in [3.05, 3.63) is 29.8 Å². The van der Waals surface area contributed by atoms with Crippen LogP contribution in [0.15, 0.2) is 24.3 Å². The molecule has 0 saturated carbocycles. The van der Waals surface area contributed by atoms with Crippen LogP contribution in [0.5, 0.6) is 0 Å². The van der Waals surface area contributed by atoms with Gasteiger partial charge in [-0.15, -0.1) is 0 Å². The van der Waals surface area contributed by atoms with Crippen molar-refractivity contribution in [2.75, 3.05) is 4.90 Å². The first-order valence-electron chi connectivity index (χ1n) is 6.17. The van der Waals surface area contributed by atoms with E-state index >= 15 is 0 Å². The number of amides is 3. The Morgan fingerprint density at radius 3 is 2.47 bits per heavy atom. The molecular weight excluding hydrogens is 242 g/mol. The molecule has 1 saturated heterocycles. The molecule has 5 nitrogen and oxygen atoms in total. The monoisotopic (exact) mass is 257 g/mol.